The van der Waals surface area contributed by atoms with Gasteiger partial charge in [-0.3, -0.25) is 10.1 Å². The summed E-state index contributed by atoms with van der Waals surface area (Å²) in [5.41, 5.74) is -1.98. The Kier molecular flexibility index (Phi) is 3.83. The Balaban J connectivity index is 2.50. The summed E-state index contributed by atoms with van der Waals surface area (Å²) in [6, 6.07) is 3.08. The van der Waals surface area contributed by atoms with E-state index in [1.807, 2.05) is 0 Å². The van der Waals surface area contributed by atoms with E-state index in [1.165, 1.54) is 6.07 Å². The molecular formula is C12H15BFNO6S. The maximum Gasteiger partial charge on any atom is 0.494 e. The van der Waals surface area contributed by atoms with E-state index in [2.05, 4.69) is 0 Å². The summed E-state index contributed by atoms with van der Waals surface area (Å²) in [5.74, 6) is 0. The third kappa shape index (κ3) is 2.86. The fraction of sp³-hybridized carbons (Fsp3) is 0.500. The molecule has 0 atom stereocenters. The Morgan fingerprint density at radius 1 is 1.18 bits per heavy atom. The van der Waals surface area contributed by atoms with Crippen LogP contribution in [0.4, 0.5) is 9.57 Å². The molecule has 22 heavy (non-hydrogen) atoms. The van der Waals surface area contributed by atoms with E-state index in [0.717, 1.165) is 12.1 Å². The van der Waals surface area contributed by atoms with Crippen LogP contribution in [-0.2, 0) is 19.5 Å². The molecule has 0 unspecified atom stereocenters. The molecule has 1 aromatic carbocycles. The number of nitro benzene ring substituents is 1. The Hall–Kier alpha value is -1.52. The largest absolute Gasteiger partial charge is 0.494 e. The monoisotopic (exact) mass is 331 g/mol. The molecular weight excluding hydrogens is 316 g/mol. The summed E-state index contributed by atoms with van der Waals surface area (Å²) in [4.78, 5) is 8.85. The lowest BCUT2D eigenvalue weighted by Gasteiger charge is -2.32. The SMILES string of the molecule is CC1(C)OB(c2ccc([N+](=O)[O-])c(S(=O)(=O)F)c2)OC1(C)C. The zero-order chi connectivity index (χ0) is 16.9. The van der Waals surface area contributed by atoms with Crippen molar-refractivity contribution in [3.8, 4) is 0 Å². The fourth-order valence-electron chi connectivity index (χ4n) is 2.00. The molecule has 7 nitrogen and oxygen atoms in total. The van der Waals surface area contributed by atoms with Crippen LogP contribution in [0.15, 0.2) is 23.1 Å². The van der Waals surface area contributed by atoms with Crippen molar-refractivity contribution in [3.05, 3.63) is 28.3 Å². The first-order valence-corrected chi connectivity index (χ1v) is 7.82. The summed E-state index contributed by atoms with van der Waals surface area (Å²) < 4.78 is 47.0. The first kappa shape index (κ1) is 16.8. The van der Waals surface area contributed by atoms with Crippen LogP contribution in [-0.4, -0.2) is 31.7 Å². The molecule has 0 N–H and O–H groups in total. The second-order valence-electron chi connectivity index (χ2n) is 6.01. The van der Waals surface area contributed by atoms with Gasteiger partial charge in [0.1, 0.15) is 0 Å². The number of nitrogens with zero attached hydrogens (tertiary/aromatic N) is 1. The molecule has 120 valence electrons. The Morgan fingerprint density at radius 3 is 2.09 bits per heavy atom. The molecule has 1 fully saturated rings. The highest BCUT2D eigenvalue weighted by molar-refractivity contribution is 7.86. The van der Waals surface area contributed by atoms with E-state index in [4.69, 9.17) is 9.31 Å². The lowest BCUT2D eigenvalue weighted by Crippen LogP contribution is -2.41. The summed E-state index contributed by atoms with van der Waals surface area (Å²) in [6.07, 6.45) is 0. The number of halogens is 1. The zero-order valence-corrected chi connectivity index (χ0v) is 13.3. The lowest BCUT2D eigenvalue weighted by molar-refractivity contribution is -0.387. The molecule has 1 aliphatic heterocycles. The third-order valence-corrected chi connectivity index (χ3v) is 4.82. The van der Waals surface area contributed by atoms with E-state index < -0.39 is 44.0 Å². The van der Waals surface area contributed by atoms with Crippen LogP contribution < -0.4 is 5.46 Å². The molecule has 1 heterocycles. The average Bonchev–Trinajstić information content (AvgIpc) is 2.56. The predicted octanol–water partition coefficient (Wildman–Crippen LogP) is 1.55. The molecule has 0 aromatic heterocycles. The standard InChI is InChI=1S/C12H15BFNO6S/c1-11(2)12(3,4)21-13(20-11)8-5-6-9(15(16)17)10(7-8)22(14,18)19/h5-7H,1-4H3. The van der Waals surface area contributed by atoms with Gasteiger partial charge in [0, 0.05) is 6.07 Å². The first-order chi connectivity index (χ1) is 9.85. The number of nitro groups is 1. The van der Waals surface area contributed by atoms with Crippen LogP contribution in [0.25, 0.3) is 0 Å². The van der Waals surface area contributed by atoms with Crippen molar-refractivity contribution in [1.82, 2.24) is 0 Å². The highest BCUT2D eigenvalue weighted by atomic mass is 32.3. The molecule has 1 aliphatic rings. The topological polar surface area (TPSA) is 95.7 Å². The number of hydrogen-bond acceptors (Lipinski definition) is 6. The van der Waals surface area contributed by atoms with Gasteiger partial charge in [0.05, 0.1) is 16.1 Å². The second kappa shape index (κ2) is 5.00. The number of hydrogen-bond donors (Lipinski definition) is 0. The Bertz CT molecular complexity index is 717. The van der Waals surface area contributed by atoms with Gasteiger partial charge in [0.15, 0.2) is 4.90 Å². The van der Waals surface area contributed by atoms with E-state index in [1.54, 1.807) is 27.7 Å². The van der Waals surface area contributed by atoms with Crippen LogP contribution >= 0.6 is 0 Å². The average molecular weight is 331 g/mol. The number of rotatable bonds is 3. The van der Waals surface area contributed by atoms with Gasteiger partial charge in [-0.05, 0) is 39.2 Å². The van der Waals surface area contributed by atoms with E-state index in [9.17, 15) is 22.4 Å². The lowest BCUT2D eigenvalue weighted by atomic mass is 9.79. The van der Waals surface area contributed by atoms with Crippen molar-refractivity contribution in [2.24, 2.45) is 0 Å². The van der Waals surface area contributed by atoms with Crippen LogP contribution in [0.1, 0.15) is 27.7 Å². The minimum absolute atomic E-state index is 0.195. The second-order valence-corrected chi connectivity index (χ2v) is 7.33. The van der Waals surface area contributed by atoms with Crippen LogP contribution in [0, 0.1) is 10.1 Å². The predicted molar refractivity (Wildman–Crippen MR) is 77.1 cm³/mol. The van der Waals surface area contributed by atoms with Crippen LogP contribution in [0.2, 0.25) is 0 Å². The van der Waals surface area contributed by atoms with Crippen molar-refractivity contribution >= 4 is 28.5 Å². The highest BCUT2D eigenvalue weighted by Gasteiger charge is 2.52. The summed E-state index contributed by atoms with van der Waals surface area (Å²) in [5, 5.41) is 10.8. The molecule has 0 bridgehead atoms. The van der Waals surface area contributed by atoms with Crippen molar-refractivity contribution in [2.75, 3.05) is 0 Å². The Labute approximate surface area is 127 Å². The zero-order valence-electron chi connectivity index (χ0n) is 12.5. The normalized spacial score (nSPS) is 20.1. The van der Waals surface area contributed by atoms with E-state index in [-0.39, 0.29) is 5.46 Å². The summed E-state index contributed by atoms with van der Waals surface area (Å²) >= 11 is 0. The molecule has 0 saturated carbocycles. The Morgan fingerprint density at radius 2 is 1.68 bits per heavy atom. The molecule has 1 aromatic rings. The van der Waals surface area contributed by atoms with Gasteiger partial charge in [-0.2, -0.15) is 8.42 Å². The van der Waals surface area contributed by atoms with Crippen molar-refractivity contribution in [1.29, 1.82) is 0 Å². The molecule has 0 aliphatic carbocycles. The van der Waals surface area contributed by atoms with Crippen molar-refractivity contribution < 1.29 is 26.5 Å². The number of benzene rings is 1. The van der Waals surface area contributed by atoms with Gasteiger partial charge in [-0.15, -0.1) is 3.89 Å². The third-order valence-electron chi connectivity index (χ3n) is 3.97. The molecule has 0 spiro atoms. The first-order valence-electron chi connectivity index (χ1n) is 6.44. The minimum Gasteiger partial charge on any atom is -0.399 e. The molecule has 0 radical (unpaired) electrons. The summed E-state index contributed by atoms with van der Waals surface area (Å²) in [7, 11) is -6.18. The molecule has 1 saturated heterocycles. The molecule has 2 rings (SSSR count). The highest BCUT2D eigenvalue weighted by Crippen LogP contribution is 2.37. The van der Waals surface area contributed by atoms with Gasteiger partial charge in [0.25, 0.3) is 5.69 Å². The van der Waals surface area contributed by atoms with Gasteiger partial charge in [-0.1, -0.05) is 6.07 Å². The quantitative estimate of drug-likeness (QED) is 0.361. The van der Waals surface area contributed by atoms with Crippen molar-refractivity contribution in [3.63, 3.8) is 0 Å². The molecule has 10 heteroatoms. The maximum absolute atomic E-state index is 13.3. The van der Waals surface area contributed by atoms with E-state index in [0.29, 0.717) is 0 Å². The van der Waals surface area contributed by atoms with Gasteiger partial charge >= 0.3 is 17.3 Å². The minimum atomic E-state index is -5.24. The van der Waals surface area contributed by atoms with Crippen molar-refractivity contribution in [2.45, 2.75) is 43.8 Å². The van der Waals surface area contributed by atoms with Gasteiger partial charge in [-0.25, -0.2) is 0 Å². The van der Waals surface area contributed by atoms with E-state index >= 15 is 0 Å². The summed E-state index contributed by atoms with van der Waals surface area (Å²) in [6.45, 7) is 7.19. The maximum atomic E-state index is 13.3. The van der Waals surface area contributed by atoms with Gasteiger partial charge in [0.2, 0.25) is 0 Å². The van der Waals surface area contributed by atoms with Crippen LogP contribution in [0.5, 0.6) is 0 Å². The fourth-order valence-corrected chi connectivity index (χ4v) is 2.67. The molecule has 0 amide bonds. The van der Waals surface area contributed by atoms with Crippen LogP contribution in [0.3, 0.4) is 0 Å². The smallest absolute Gasteiger partial charge is 0.399 e. The van der Waals surface area contributed by atoms with Gasteiger partial charge < -0.3 is 9.31 Å².